The highest BCUT2D eigenvalue weighted by Gasteiger charge is 2.25. The summed E-state index contributed by atoms with van der Waals surface area (Å²) in [5.41, 5.74) is 4.83. The first-order chi connectivity index (χ1) is 17.4. The van der Waals surface area contributed by atoms with Crippen molar-refractivity contribution in [1.82, 2.24) is 9.97 Å². The van der Waals surface area contributed by atoms with E-state index in [0.717, 1.165) is 11.3 Å². The Hall–Kier alpha value is -4.49. The summed E-state index contributed by atoms with van der Waals surface area (Å²) in [7, 11) is 0. The topological polar surface area (TPSA) is 117 Å². The lowest BCUT2D eigenvalue weighted by molar-refractivity contribution is -0.391. The molecule has 8 heteroatoms. The second-order valence-corrected chi connectivity index (χ2v) is 8.87. The summed E-state index contributed by atoms with van der Waals surface area (Å²) in [5, 5.41) is 19.4. The third-order valence-electron chi connectivity index (χ3n) is 6.10. The molecule has 0 amide bonds. The predicted octanol–water partition coefficient (Wildman–Crippen LogP) is 5.47. The largest absolute Gasteiger partial charge is 0.478 e. The van der Waals surface area contributed by atoms with Crippen molar-refractivity contribution in [3.8, 4) is 11.1 Å². The van der Waals surface area contributed by atoms with Crippen molar-refractivity contribution in [2.45, 2.75) is 12.3 Å². The Morgan fingerprint density at radius 2 is 1.75 bits per heavy atom. The van der Waals surface area contributed by atoms with E-state index >= 15 is 0 Å². The number of benzene rings is 3. The highest BCUT2D eigenvalue weighted by Crippen LogP contribution is 2.30. The number of H-pyrrole nitrogens is 2. The van der Waals surface area contributed by atoms with Crippen molar-refractivity contribution in [1.29, 1.82) is 0 Å². The average molecular weight is 499 g/mol. The standard InChI is InChI=1S/C28H20ClN3O4/c29-19-8-9-20(28(35)36)21(14-19)18-7-10-23(30-15-18)22(12-16-4-2-1-3-5-16)26-31-24-11-6-17(27(33)34)13-25(24)32-26/h1-11,13-15,22H,12H2,(H,31,32)(H,33,34)(H,35,36)/p+1. The van der Waals surface area contributed by atoms with Gasteiger partial charge in [0.2, 0.25) is 0 Å². The van der Waals surface area contributed by atoms with Gasteiger partial charge in [0.25, 0.3) is 0 Å². The van der Waals surface area contributed by atoms with Gasteiger partial charge in [0.05, 0.1) is 22.2 Å². The van der Waals surface area contributed by atoms with Crippen LogP contribution in [0.1, 0.15) is 43.7 Å². The van der Waals surface area contributed by atoms with Gasteiger partial charge in [-0.3, -0.25) is 0 Å². The molecule has 0 aliphatic heterocycles. The molecular weight excluding hydrogens is 478 g/mol. The minimum Gasteiger partial charge on any atom is -0.478 e. The second-order valence-electron chi connectivity index (χ2n) is 8.43. The quantitative estimate of drug-likeness (QED) is 0.275. The summed E-state index contributed by atoms with van der Waals surface area (Å²) in [4.78, 5) is 34.5. The molecule has 178 valence electrons. The van der Waals surface area contributed by atoms with E-state index in [-0.39, 0.29) is 17.0 Å². The molecule has 5 rings (SSSR count). The van der Waals surface area contributed by atoms with Gasteiger partial charge in [0.1, 0.15) is 11.7 Å². The van der Waals surface area contributed by atoms with Crippen LogP contribution in [0.4, 0.5) is 0 Å². The molecule has 5 aromatic rings. The Balaban J connectivity index is 1.57. The number of fused-ring (bicyclic) bond motifs is 1. The number of nitrogens with one attached hydrogen (secondary N) is 2. The number of hydrogen-bond acceptors (Lipinski definition) is 3. The van der Waals surface area contributed by atoms with Gasteiger partial charge in [-0.1, -0.05) is 41.9 Å². The van der Waals surface area contributed by atoms with Crippen LogP contribution in [-0.2, 0) is 6.42 Å². The smallest absolute Gasteiger partial charge is 0.336 e. The maximum atomic E-state index is 11.7. The fourth-order valence-electron chi connectivity index (χ4n) is 4.29. The molecule has 2 aromatic heterocycles. The molecule has 0 spiro atoms. The van der Waals surface area contributed by atoms with Gasteiger partial charge < -0.3 is 15.2 Å². The zero-order valence-electron chi connectivity index (χ0n) is 18.9. The average Bonchev–Trinajstić information content (AvgIpc) is 3.31. The van der Waals surface area contributed by atoms with E-state index in [0.29, 0.717) is 39.4 Å². The van der Waals surface area contributed by atoms with Crippen molar-refractivity contribution in [2.24, 2.45) is 0 Å². The second kappa shape index (κ2) is 9.64. The monoisotopic (exact) mass is 498 g/mol. The molecule has 0 radical (unpaired) electrons. The summed E-state index contributed by atoms with van der Waals surface area (Å²) >= 11 is 6.14. The van der Waals surface area contributed by atoms with Crippen LogP contribution in [0.3, 0.4) is 0 Å². The first kappa shape index (κ1) is 23.3. The minimum absolute atomic E-state index is 0.160. The molecule has 7 nitrogen and oxygen atoms in total. The van der Waals surface area contributed by atoms with E-state index in [1.54, 1.807) is 30.5 Å². The summed E-state index contributed by atoms with van der Waals surface area (Å²) < 4.78 is 0. The molecule has 0 fully saturated rings. The van der Waals surface area contributed by atoms with E-state index in [1.165, 1.54) is 12.1 Å². The first-order valence-corrected chi connectivity index (χ1v) is 11.6. The summed E-state index contributed by atoms with van der Waals surface area (Å²) in [6, 6.07) is 23.2. The van der Waals surface area contributed by atoms with Crippen molar-refractivity contribution in [3.63, 3.8) is 0 Å². The Morgan fingerprint density at radius 1 is 0.944 bits per heavy atom. The molecule has 0 aliphatic rings. The van der Waals surface area contributed by atoms with E-state index in [2.05, 4.69) is 9.97 Å². The number of rotatable bonds is 7. The molecule has 3 aromatic carbocycles. The van der Waals surface area contributed by atoms with Crippen LogP contribution in [0.25, 0.3) is 22.2 Å². The highest BCUT2D eigenvalue weighted by molar-refractivity contribution is 6.31. The molecule has 0 bridgehead atoms. The van der Waals surface area contributed by atoms with Gasteiger partial charge in [-0.25, -0.2) is 19.6 Å². The number of halogens is 1. The summed E-state index contributed by atoms with van der Waals surface area (Å²) in [6.07, 6.45) is 2.40. The van der Waals surface area contributed by atoms with E-state index in [1.807, 2.05) is 42.5 Å². The zero-order chi connectivity index (χ0) is 25.2. The number of aromatic carboxylic acids is 2. The Bertz CT molecular complexity index is 1580. The maximum Gasteiger partial charge on any atom is 0.336 e. The van der Waals surface area contributed by atoms with Crippen molar-refractivity contribution >= 4 is 34.6 Å². The lowest BCUT2D eigenvalue weighted by Gasteiger charge is -2.12. The van der Waals surface area contributed by atoms with Crippen molar-refractivity contribution in [3.05, 3.63) is 118 Å². The lowest BCUT2D eigenvalue weighted by Crippen LogP contribution is -2.19. The van der Waals surface area contributed by atoms with Gasteiger partial charge in [0.15, 0.2) is 11.9 Å². The third kappa shape index (κ3) is 4.69. The van der Waals surface area contributed by atoms with Gasteiger partial charge in [-0.05, 0) is 54.4 Å². The molecule has 2 heterocycles. The molecule has 1 atom stereocenters. The third-order valence-corrected chi connectivity index (χ3v) is 6.33. The van der Waals surface area contributed by atoms with Crippen LogP contribution in [0, 0.1) is 0 Å². The molecule has 0 saturated heterocycles. The SMILES string of the molecule is O=C(O)c1ccc2nc(C(Cc3ccccc3)c3ccc(-c4cc(Cl)ccc4C(=O)O)c[nH+]3)[nH]c2c1. The van der Waals surface area contributed by atoms with Gasteiger partial charge in [0, 0.05) is 22.2 Å². The van der Waals surface area contributed by atoms with Crippen molar-refractivity contribution < 1.29 is 24.8 Å². The normalized spacial score (nSPS) is 11.9. The number of imidazole rings is 1. The predicted molar refractivity (Wildman–Crippen MR) is 135 cm³/mol. The minimum atomic E-state index is -1.03. The van der Waals surface area contributed by atoms with E-state index < -0.39 is 11.9 Å². The fourth-order valence-corrected chi connectivity index (χ4v) is 4.47. The molecule has 0 aliphatic carbocycles. The number of aromatic nitrogens is 3. The fraction of sp³-hybridized carbons (Fsp3) is 0.0714. The van der Waals surface area contributed by atoms with Crippen LogP contribution in [0.5, 0.6) is 0 Å². The number of pyridine rings is 1. The molecule has 4 N–H and O–H groups in total. The molecule has 36 heavy (non-hydrogen) atoms. The number of aromatic amines is 2. The summed E-state index contributed by atoms with van der Waals surface area (Å²) in [6.45, 7) is 0. The molecule has 1 unspecified atom stereocenters. The van der Waals surface area contributed by atoms with Crippen LogP contribution in [-0.4, -0.2) is 32.1 Å². The van der Waals surface area contributed by atoms with Crippen LogP contribution in [0.2, 0.25) is 5.02 Å². The molecule has 0 saturated carbocycles. The first-order valence-electron chi connectivity index (χ1n) is 11.2. The number of carbonyl (C=O) groups is 2. The van der Waals surface area contributed by atoms with E-state index in [4.69, 9.17) is 16.6 Å². The Labute approximate surface area is 211 Å². The van der Waals surface area contributed by atoms with Crippen LogP contribution in [0.15, 0.2) is 85.1 Å². The zero-order valence-corrected chi connectivity index (χ0v) is 19.7. The number of carboxylic acids is 2. The van der Waals surface area contributed by atoms with Crippen LogP contribution >= 0.6 is 11.6 Å². The number of nitrogens with zero attached hydrogens (tertiary/aromatic N) is 1. The molecular formula is C28H21ClN3O4+. The lowest BCUT2D eigenvalue weighted by atomic mass is 9.93. The number of hydrogen-bond donors (Lipinski definition) is 3. The Kier molecular flexibility index (Phi) is 6.23. The maximum absolute atomic E-state index is 11.7. The summed E-state index contributed by atoms with van der Waals surface area (Å²) in [5.74, 6) is -1.54. The Morgan fingerprint density at radius 3 is 2.44 bits per heavy atom. The van der Waals surface area contributed by atoms with E-state index in [9.17, 15) is 19.8 Å². The van der Waals surface area contributed by atoms with Gasteiger partial charge in [-0.15, -0.1) is 0 Å². The highest BCUT2D eigenvalue weighted by atomic mass is 35.5. The van der Waals surface area contributed by atoms with Gasteiger partial charge >= 0.3 is 11.9 Å². The number of carboxylic acid groups (broad SMARTS) is 2. The van der Waals surface area contributed by atoms with Crippen molar-refractivity contribution in [2.75, 3.05) is 0 Å². The van der Waals surface area contributed by atoms with Crippen LogP contribution < -0.4 is 4.98 Å². The van der Waals surface area contributed by atoms with Gasteiger partial charge in [-0.2, -0.15) is 0 Å².